The molecular formula is C67H46N2. The van der Waals surface area contributed by atoms with Crippen LogP contribution in [0.25, 0.3) is 72.0 Å². The first kappa shape index (κ1) is 40.3. The van der Waals surface area contributed by atoms with Gasteiger partial charge in [-0.15, -0.1) is 0 Å². The van der Waals surface area contributed by atoms with Gasteiger partial charge in [0.25, 0.3) is 0 Å². The minimum atomic E-state index is -0.513. The highest BCUT2D eigenvalue weighted by molar-refractivity contribution is 6.09. The largest absolute Gasteiger partial charge is 0.310 e. The summed E-state index contributed by atoms with van der Waals surface area (Å²) in [6.07, 6.45) is 0. The fourth-order valence-electron chi connectivity index (χ4n) is 11.4. The van der Waals surface area contributed by atoms with E-state index in [9.17, 15) is 0 Å². The van der Waals surface area contributed by atoms with Crippen molar-refractivity contribution in [3.05, 3.63) is 301 Å². The van der Waals surface area contributed by atoms with Crippen LogP contribution in [0.5, 0.6) is 0 Å². The molecule has 12 aromatic rings. The van der Waals surface area contributed by atoms with Crippen molar-refractivity contribution in [3.8, 4) is 50.2 Å². The molecule has 0 bridgehead atoms. The Kier molecular flexibility index (Phi) is 9.77. The van der Waals surface area contributed by atoms with Crippen LogP contribution < -0.4 is 4.90 Å². The van der Waals surface area contributed by atoms with Crippen molar-refractivity contribution in [2.75, 3.05) is 4.90 Å². The predicted octanol–water partition coefficient (Wildman–Crippen LogP) is 17.6. The molecule has 0 saturated carbocycles. The quantitative estimate of drug-likeness (QED) is 0.140. The van der Waals surface area contributed by atoms with E-state index in [4.69, 9.17) is 0 Å². The molecule has 1 aliphatic carbocycles. The minimum absolute atomic E-state index is 0.513. The maximum absolute atomic E-state index is 2.51. The highest BCUT2D eigenvalue weighted by Gasteiger charge is 2.46. The topological polar surface area (TPSA) is 8.17 Å². The van der Waals surface area contributed by atoms with E-state index >= 15 is 0 Å². The first-order valence-electron chi connectivity index (χ1n) is 23.8. The Morgan fingerprint density at radius 1 is 0.304 bits per heavy atom. The second-order valence-corrected chi connectivity index (χ2v) is 18.0. The summed E-state index contributed by atoms with van der Waals surface area (Å²) in [7, 11) is 0. The lowest BCUT2D eigenvalue weighted by Crippen LogP contribution is -2.28. The molecular weight excluding hydrogens is 833 g/mol. The van der Waals surface area contributed by atoms with Crippen LogP contribution in [0.2, 0.25) is 0 Å². The third-order valence-electron chi connectivity index (χ3n) is 14.3. The maximum atomic E-state index is 2.51. The molecule has 2 nitrogen and oxygen atoms in total. The molecule has 324 valence electrons. The normalized spacial score (nSPS) is 12.5. The van der Waals surface area contributed by atoms with Crippen LogP contribution in [0, 0.1) is 0 Å². The number of fused-ring (bicyclic) bond motifs is 6. The molecule has 11 aromatic carbocycles. The summed E-state index contributed by atoms with van der Waals surface area (Å²) in [4.78, 5) is 2.51. The molecule has 0 saturated heterocycles. The van der Waals surface area contributed by atoms with Gasteiger partial charge < -0.3 is 9.47 Å². The van der Waals surface area contributed by atoms with E-state index in [1.165, 1.54) is 77.4 Å². The van der Waals surface area contributed by atoms with Gasteiger partial charge in [-0.3, -0.25) is 0 Å². The SMILES string of the molecule is c1ccc(-c2ccccc2-c2c(-c3ccccc3)cccc2N(c2cccc(-n3c4ccccc4c4ccccc43)c2)c2ccc3c(c2)-c2ccccc2C3(c2ccccc2)c2ccccc2)cc1. The van der Waals surface area contributed by atoms with Gasteiger partial charge in [0.1, 0.15) is 0 Å². The predicted molar refractivity (Wildman–Crippen MR) is 289 cm³/mol. The van der Waals surface area contributed by atoms with Gasteiger partial charge in [0, 0.05) is 33.4 Å². The first-order valence-corrected chi connectivity index (χ1v) is 23.8. The summed E-state index contributed by atoms with van der Waals surface area (Å²) in [5.41, 5.74) is 20.7. The minimum Gasteiger partial charge on any atom is -0.310 e. The molecule has 0 amide bonds. The van der Waals surface area contributed by atoms with Crippen LogP contribution >= 0.6 is 0 Å². The summed E-state index contributed by atoms with van der Waals surface area (Å²) in [6, 6.07) is 102. The Morgan fingerprint density at radius 3 is 1.43 bits per heavy atom. The second-order valence-electron chi connectivity index (χ2n) is 18.0. The molecule has 2 heteroatoms. The molecule has 1 aliphatic rings. The number of hydrogen-bond acceptors (Lipinski definition) is 1. The van der Waals surface area contributed by atoms with E-state index in [-0.39, 0.29) is 0 Å². The monoisotopic (exact) mass is 878 g/mol. The summed E-state index contributed by atoms with van der Waals surface area (Å²) in [5, 5.41) is 2.48. The van der Waals surface area contributed by atoms with Gasteiger partial charge in [0.15, 0.2) is 0 Å². The third kappa shape index (κ3) is 6.48. The molecule has 0 unspecified atom stereocenters. The van der Waals surface area contributed by atoms with E-state index < -0.39 is 5.41 Å². The zero-order valence-electron chi connectivity index (χ0n) is 38.0. The Balaban J connectivity index is 1.12. The van der Waals surface area contributed by atoms with Crippen molar-refractivity contribution in [3.63, 3.8) is 0 Å². The van der Waals surface area contributed by atoms with E-state index in [0.29, 0.717) is 0 Å². The molecule has 0 atom stereocenters. The fraction of sp³-hybridized carbons (Fsp3) is 0.0149. The van der Waals surface area contributed by atoms with Crippen molar-refractivity contribution in [1.82, 2.24) is 4.57 Å². The van der Waals surface area contributed by atoms with Gasteiger partial charge >= 0.3 is 0 Å². The van der Waals surface area contributed by atoms with Gasteiger partial charge in [-0.05, 0) is 110 Å². The van der Waals surface area contributed by atoms with E-state index in [1.54, 1.807) is 0 Å². The average molecular weight is 879 g/mol. The molecule has 0 radical (unpaired) electrons. The van der Waals surface area contributed by atoms with Crippen molar-refractivity contribution < 1.29 is 0 Å². The molecule has 1 aromatic heterocycles. The fourth-order valence-corrected chi connectivity index (χ4v) is 11.4. The summed E-state index contributed by atoms with van der Waals surface area (Å²) < 4.78 is 2.42. The van der Waals surface area contributed by atoms with Gasteiger partial charge in [0.2, 0.25) is 0 Å². The van der Waals surface area contributed by atoms with Crippen LogP contribution in [-0.2, 0) is 5.41 Å². The van der Waals surface area contributed by atoms with E-state index in [1.807, 2.05) is 0 Å². The van der Waals surface area contributed by atoms with Crippen LogP contribution in [0.15, 0.2) is 279 Å². The van der Waals surface area contributed by atoms with Crippen molar-refractivity contribution in [2.45, 2.75) is 5.41 Å². The summed E-state index contributed by atoms with van der Waals surface area (Å²) in [6.45, 7) is 0. The zero-order chi connectivity index (χ0) is 45.7. The highest BCUT2D eigenvalue weighted by Crippen LogP contribution is 2.58. The molecule has 69 heavy (non-hydrogen) atoms. The lowest BCUT2D eigenvalue weighted by molar-refractivity contribution is 0.768. The van der Waals surface area contributed by atoms with Crippen molar-refractivity contribution >= 4 is 38.9 Å². The Morgan fingerprint density at radius 2 is 0.783 bits per heavy atom. The van der Waals surface area contributed by atoms with Crippen LogP contribution in [0.4, 0.5) is 17.1 Å². The zero-order valence-corrected chi connectivity index (χ0v) is 38.0. The van der Waals surface area contributed by atoms with E-state index in [0.717, 1.165) is 33.9 Å². The number of anilines is 3. The molecule has 13 rings (SSSR count). The van der Waals surface area contributed by atoms with Gasteiger partial charge in [-0.2, -0.15) is 0 Å². The summed E-state index contributed by atoms with van der Waals surface area (Å²) in [5.74, 6) is 0. The Bertz CT molecular complexity index is 3740. The molecule has 0 N–H and O–H groups in total. The molecule has 0 aliphatic heterocycles. The first-order chi connectivity index (χ1) is 34.3. The van der Waals surface area contributed by atoms with Crippen LogP contribution in [-0.4, -0.2) is 4.57 Å². The van der Waals surface area contributed by atoms with Crippen molar-refractivity contribution in [2.24, 2.45) is 0 Å². The number of nitrogens with zero attached hydrogens (tertiary/aromatic N) is 2. The second kappa shape index (κ2) is 16.7. The molecule has 1 heterocycles. The lowest BCUT2D eigenvalue weighted by atomic mass is 9.68. The number of para-hydroxylation sites is 2. The number of rotatable bonds is 9. The number of benzene rings is 11. The number of hydrogen-bond donors (Lipinski definition) is 0. The molecule has 0 spiro atoms. The van der Waals surface area contributed by atoms with Gasteiger partial charge in [-0.25, -0.2) is 0 Å². The van der Waals surface area contributed by atoms with Crippen LogP contribution in [0.3, 0.4) is 0 Å². The Hall–Kier alpha value is -8.98. The molecule has 0 fully saturated rings. The summed E-state index contributed by atoms with van der Waals surface area (Å²) >= 11 is 0. The standard InChI is InChI=1S/C67H46N2/c1-5-23-47(24-6-1)54-33-13-14-37-59(54)66-55(48-25-7-2-8-26-48)38-22-42-65(66)68(51-31-21-32-52(45-51)69-63-40-19-16-35-57(63)58-36-17-20-41-64(58)69)53-43-44-62-60(46-53)56-34-15-18-39-61(56)67(62,49-27-9-3-10-28-49)50-29-11-4-12-30-50/h1-46H. The van der Waals surface area contributed by atoms with Gasteiger partial charge in [-0.1, -0.05) is 231 Å². The lowest BCUT2D eigenvalue weighted by Gasteiger charge is -2.34. The average Bonchev–Trinajstić information content (AvgIpc) is 3.93. The van der Waals surface area contributed by atoms with Crippen molar-refractivity contribution in [1.29, 1.82) is 0 Å². The van der Waals surface area contributed by atoms with Gasteiger partial charge in [0.05, 0.1) is 22.1 Å². The third-order valence-corrected chi connectivity index (χ3v) is 14.3. The van der Waals surface area contributed by atoms with E-state index in [2.05, 4.69) is 289 Å². The highest BCUT2D eigenvalue weighted by atomic mass is 15.1. The maximum Gasteiger partial charge on any atom is 0.0713 e. The van der Waals surface area contributed by atoms with Crippen LogP contribution in [0.1, 0.15) is 22.3 Å². The number of aromatic nitrogens is 1. The Labute approximate surface area is 403 Å². The smallest absolute Gasteiger partial charge is 0.0713 e.